The van der Waals surface area contributed by atoms with Crippen LogP contribution in [0.2, 0.25) is 0 Å². The molecule has 0 radical (unpaired) electrons. The maximum Gasteiger partial charge on any atom is 0.330 e. The summed E-state index contributed by atoms with van der Waals surface area (Å²) in [4.78, 5) is 24.3. The average molecular weight is 244 g/mol. The van der Waals surface area contributed by atoms with Crippen LogP contribution >= 0.6 is 0 Å². The summed E-state index contributed by atoms with van der Waals surface area (Å²) in [5.74, 6) is 0. The summed E-state index contributed by atoms with van der Waals surface area (Å²) in [6.07, 6.45) is -3.58. The van der Waals surface area contributed by atoms with E-state index < -0.39 is 42.4 Å². The van der Waals surface area contributed by atoms with Gasteiger partial charge in [0.25, 0.3) is 5.56 Å². The van der Waals surface area contributed by atoms with E-state index in [1.165, 1.54) is 0 Å². The van der Waals surface area contributed by atoms with Crippen molar-refractivity contribution >= 4 is 0 Å². The fraction of sp³-hybridized carbons (Fsp3) is 0.556. The molecule has 0 aromatic carbocycles. The summed E-state index contributed by atoms with van der Waals surface area (Å²) in [7, 11) is 0. The molecule has 0 saturated carbocycles. The van der Waals surface area contributed by atoms with Gasteiger partial charge >= 0.3 is 5.69 Å². The summed E-state index contributed by atoms with van der Waals surface area (Å²) in [5, 5.41) is 28.1. The topological polar surface area (TPSA) is 125 Å². The smallest absolute Gasteiger partial charge is 0.330 e. The van der Waals surface area contributed by atoms with Crippen LogP contribution in [0.3, 0.4) is 0 Å². The molecule has 17 heavy (non-hydrogen) atoms. The molecule has 0 aliphatic carbocycles. The van der Waals surface area contributed by atoms with E-state index in [0.717, 1.165) is 16.8 Å². The molecule has 2 heterocycles. The molecule has 94 valence electrons. The van der Waals surface area contributed by atoms with Crippen molar-refractivity contribution in [2.24, 2.45) is 0 Å². The molecule has 1 aromatic rings. The number of aromatic amines is 1. The van der Waals surface area contributed by atoms with Crippen molar-refractivity contribution in [1.29, 1.82) is 0 Å². The van der Waals surface area contributed by atoms with Crippen molar-refractivity contribution in [2.75, 3.05) is 6.61 Å². The fourth-order valence-electron chi connectivity index (χ4n) is 1.74. The van der Waals surface area contributed by atoms with Crippen LogP contribution in [0.25, 0.3) is 0 Å². The monoisotopic (exact) mass is 244 g/mol. The van der Waals surface area contributed by atoms with Gasteiger partial charge in [0.1, 0.15) is 18.3 Å². The van der Waals surface area contributed by atoms with Crippen molar-refractivity contribution in [2.45, 2.75) is 24.5 Å². The first kappa shape index (κ1) is 12.0. The molecule has 1 aromatic heterocycles. The van der Waals surface area contributed by atoms with Crippen molar-refractivity contribution < 1.29 is 20.1 Å². The normalized spacial score (nSPS) is 32.9. The minimum atomic E-state index is -1.35. The Balaban J connectivity index is 2.35. The van der Waals surface area contributed by atoms with Crippen LogP contribution in [0, 0.1) is 0 Å². The van der Waals surface area contributed by atoms with Gasteiger partial charge in [-0.05, 0) is 0 Å². The molecule has 0 bridgehead atoms. The first-order valence-electron chi connectivity index (χ1n) is 4.98. The van der Waals surface area contributed by atoms with E-state index in [1.807, 2.05) is 4.98 Å². The number of ether oxygens (including phenoxy) is 1. The molecular weight excluding hydrogens is 232 g/mol. The predicted octanol–water partition coefficient (Wildman–Crippen LogP) is -2.85. The Morgan fingerprint density at radius 3 is 2.59 bits per heavy atom. The van der Waals surface area contributed by atoms with Gasteiger partial charge in [-0.15, -0.1) is 0 Å². The van der Waals surface area contributed by atoms with Gasteiger partial charge in [0.05, 0.1) is 6.61 Å². The zero-order chi connectivity index (χ0) is 12.6. The number of rotatable bonds is 2. The SMILES string of the molecule is O=c1ccn(C2O[C@H](CO)[C@@H](O)[C@@H]2O)c(=O)[nH]1. The van der Waals surface area contributed by atoms with E-state index in [2.05, 4.69) is 0 Å². The van der Waals surface area contributed by atoms with Gasteiger partial charge in [-0.3, -0.25) is 14.3 Å². The lowest BCUT2D eigenvalue weighted by atomic mass is 10.1. The van der Waals surface area contributed by atoms with Gasteiger partial charge < -0.3 is 20.1 Å². The third-order valence-corrected chi connectivity index (χ3v) is 2.64. The maximum absolute atomic E-state index is 11.4. The Bertz CT molecular complexity index is 509. The number of aliphatic hydroxyl groups is 3. The second-order valence-electron chi connectivity index (χ2n) is 3.75. The highest BCUT2D eigenvalue weighted by molar-refractivity contribution is 4.92. The Morgan fingerprint density at radius 1 is 1.35 bits per heavy atom. The first-order valence-corrected chi connectivity index (χ1v) is 4.98. The van der Waals surface area contributed by atoms with Gasteiger partial charge in [-0.25, -0.2) is 4.79 Å². The second-order valence-corrected chi connectivity index (χ2v) is 3.75. The summed E-state index contributed by atoms with van der Waals surface area (Å²) in [6.45, 7) is -0.479. The molecule has 8 nitrogen and oxygen atoms in total. The number of nitrogens with zero attached hydrogens (tertiary/aromatic N) is 1. The third-order valence-electron chi connectivity index (χ3n) is 2.64. The molecule has 2 rings (SSSR count). The van der Waals surface area contributed by atoms with Crippen LogP contribution < -0.4 is 11.2 Å². The zero-order valence-corrected chi connectivity index (χ0v) is 8.68. The number of H-pyrrole nitrogens is 1. The van der Waals surface area contributed by atoms with Crippen molar-refractivity contribution in [3.8, 4) is 0 Å². The van der Waals surface area contributed by atoms with E-state index in [0.29, 0.717) is 0 Å². The average Bonchev–Trinajstić information content (AvgIpc) is 2.57. The van der Waals surface area contributed by atoms with E-state index in [4.69, 9.17) is 9.84 Å². The van der Waals surface area contributed by atoms with Gasteiger partial charge in [-0.1, -0.05) is 0 Å². The van der Waals surface area contributed by atoms with Crippen molar-refractivity contribution in [1.82, 2.24) is 9.55 Å². The van der Waals surface area contributed by atoms with Crippen molar-refractivity contribution in [3.63, 3.8) is 0 Å². The van der Waals surface area contributed by atoms with Crippen LogP contribution in [-0.2, 0) is 4.74 Å². The number of hydrogen-bond acceptors (Lipinski definition) is 6. The maximum atomic E-state index is 11.4. The molecule has 1 fully saturated rings. The van der Waals surface area contributed by atoms with E-state index in [9.17, 15) is 19.8 Å². The number of aromatic nitrogens is 2. The number of aliphatic hydroxyl groups excluding tert-OH is 3. The van der Waals surface area contributed by atoms with Gasteiger partial charge in [-0.2, -0.15) is 0 Å². The molecule has 0 amide bonds. The molecule has 1 aliphatic heterocycles. The predicted molar refractivity (Wildman–Crippen MR) is 54.3 cm³/mol. The molecule has 0 spiro atoms. The summed E-state index contributed by atoms with van der Waals surface area (Å²) in [6, 6.07) is 1.09. The van der Waals surface area contributed by atoms with Crippen LogP contribution in [0.4, 0.5) is 0 Å². The Labute approximate surface area is 94.7 Å². The third kappa shape index (κ3) is 2.03. The molecule has 1 unspecified atom stereocenters. The molecule has 4 atom stereocenters. The van der Waals surface area contributed by atoms with Gasteiger partial charge in [0.2, 0.25) is 0 Å². The summed E-state index contributed by atoms with van der Waals surface area (Å²) in [5.41, 5.74) is -1.33. The Kier molecular flexibility index (Phi) is 3.11. The van der Waals surface area contributed by atoms with Crippen LogP contribution in [-0.4, -0.2) is 49.8 Å². The van der Waals surface area contributed by atoms with Crippen molar-refractivity contribution in [3.05, 3.63) is 33.1 Å². The second kappa shape index (κ2) is 4.41. The lowest BCUT2D eigenvalue weighted by Gasteiger charge is -2.16. The molecule has 1 saturated heterocycles. The van der Waals surface area contributed by atoms with E-state index in [-0.39, 0.29) is 0 Å². The minimum Gasteiger partial charge on any atom is -0.394 e. The van der Waals surface area contributed by atoms with Crippen LogP contribution in [0.1, 0.15) is 6.23 Å². The van der Waals surface area contributed by atoms with Gasteiger partial charge in [0.15, 0.2) is 6.23 Å². The minimum absolute atomic E-state index is 0.479. The highest BCUT2D eigenvalue weighted by Crippen LogP contribution is 2.27. The standard InChI is InChI=1S/C9H12N2O6/c12-3-4-6(14)7(15)8(17-4)11-2-1-5(13)10-9(11)16/h1-2,4,6-8,12,14-15H,3H2,(H,10,13,16)/t4-,6-,7+,8?/m1/s1. The highest BCUT2D eigenvalue weighted by Gasteiger charge is 2.43. The zero-order valence-electron chi connectivity index (χ0n) is 8.68. The molecule has 1 aliphatic rings. The summed E-state index contributed by atoms with van der Waals surface area (Å²) < 4.78 is 6.08. The van der Waals surface area contributed by atoms with E-state index >= 15 is 0 Å². The Hall–Kier alpha value is -1.48. The van der Waals surface area contributed by atoms with E-state index in [1.54, 1.807) is 0 Å². The first-order chi connectivity index (χ1) is 8.04. The number of nitrogens with one attached hydrogen (secondary N) is 1. The van der Waals surface area contributed by atoms with Crippen LogP contribution in [0.15, 0.2) is 21.9 Å². The Morgan fingerprint density at radius 2 is 2.06 bits per heavy atom. The molecular formula is C9H12N2O6. The summed E-state index contributed by atoms with van der Waals surface area (Å²) >= 11 is 0. The molecule has 4 N–H and O–H groups in total. The van der Waals surface area contributed by atoms with Gasteiger partial charge in [0, 0.05) is 12.3 Å². The number of hydrogen-bond donors (Lipinski definition) is 4. The molecule has 8 heteroatoms. The van der Waals surface area contributed by atoms with Crippen LogP contribution in [0.5, 0.6) is 0 Å². The lowest BCUT2D eigenvalue weighted by Crippen LogP contribution is -2.37. The quantitative estimate of drug-likeness (QED) is 0.444. The lowest BCUT2D eigenvalue weighted by molar-refractivity contribution is -0.0550. The highest BCUT2D eigenvalue weighted by atomic mass is 16.6. The fourth-order valence-corrected chi connectivity index (χ4v) is 1.74. The largest absolute Gasteiger partial charge is 0.394 e.